The maximum Gasteiger partial charge on any atom is 0.0994 e. The maximum absolute atomic E-state index is 6.34. The van der Waals surface area contributed by atoms with Crippen molar-refractivity contribution in [3.05, 3.63) is 54.1 Å². The van der Waals surface area contributed by atoms with Gasteiger partial charge in [-0.05, 0) is 23.8 Å². The topological polar surface area (TPSA) is 0 Å². The molecule has 0 bridgehead atoms. The van der Waals surface area contributed by atoms with E-state index in [1.807, 2.05) is 0 Å². The van der Waals surface area contributed by atoms with Gasteiger partial charge in [0.15, 0.2) is 0 Å². The van der Waals surface area contributed by atoms with Crippen LogP contribution in [0.2, 0.25) is 18.7 Å². The van der Waals surface area contributed by atoms with Gasteiger partial charge < -0.3 is 0 Å². The van der Waals surface area contributed by atoms with E-state index >= 15 is 0 Å². The number of benzene rings is 1. The van der Waals surface area contributed by atoms with E-state index in [9.17, 15) is 0 Å². The molecule has 0 aliphatic heterocycles. The van der Waals surface area contributed by atoms with Crippen molar-refractivity contribution in [2.45, 2.75) is 5.38 Å². The molecule has 0 saturated heterocycles. The number of halogens is 5. The van der Waals surface area contributed by atoms with E-state index in [1.54, 1.807) is 24.3 Å². The van der Waals surface area contributed by atoms with Crippen LogP contribution in [0.25, 0.3) is 0 Å². The zero-order chi connectivity index (χ0) is 12.6. The third-order valence-corrected chi connectivity index (χ3v) is 4.74. The Morgan fingerprint density at radius 2 is 1.65 bits per heavy atom. The molecular weight excluding hydrogens is 341 g/mol. The van der Waals surface area contributed by atoms with Crippen molar-refractivity contribution in [3.63, 3.8) is 0 Å². The Balaban J connectivity index is 2.43. The Labute approximate surface area is 128 Å². The Hall–Kier alpha value is 0.370. The molecule has 0 amide bonds. The lowest BCUT2D eigenvalue weighted by Gasteiger charge is -2.11. The second kappa shape index (κ2) is 5.56. The molecule has 0 nitrogen and oxygen atoms in total. The summed E-state index contributed by atoms with van der Waals surface area (Å²) in [6.45, 7) is 0. The van der Waals surface area contributed by atoms with Gasteiger partial charge in [-0.2, -0.15) is 0 Å². The Morgan fingerprint density at radius 1 is 0.941 bits per heavy atom. The summed E-state index contributed by atoms with van der Waals surface area (Å²) in [6.07, 6.45) is 0. The van der Waals surface area contributed by atoms with Gasteiger partial charge in [0.05, 0.1) is 14.0 Å². The first-order valence-electron chi connectivity index (χ1n) is 4.53. The standard InChI is InChI=1S/C11H5Cl5S/c12-5-1-2-6(8(13)3-5)10(15)7-4-9(14)17-11(7)16/h1-4,10H. The van der Waals surface area contributed by atoms with Crippen LogP contribution in [0.1, 0.15) is 16.5 Å². The molecule has 0 radical (unpaired) electrons. The van der Waals surface area contributed by atoms with Crippen LogP contribution in [0.5, 0.6) is 0 Å². The number of hydrogen-bond donors (Lipinski definition) is 0. The zero-order valence-corrected chi connectivity index (χ0v) is 12.8. The molecule has 0 N–H and O–H groups in total. The van der Waals surface area contributed by atoms with Gasteiger partial charge in [-0.25, -0.2) is 0 Å². The fourth-order valence-corrected chi connectivity index (χ4v) is 3.99. The third-order valence-electron chi connectivity index (χ3n) is 2.19. The summed E-state index contributed by atoms with van der Waals surface area (Å²) < 4.78 is 1.17. The molecule has 0 saturated carbocycles. The Bertz CT molecular complexity index is 549. The van der Waals surface area contributed by atoms with Crippen LogP contribution >= 0.6 is 69.3 Å². The van der Waals surface area contributed by atoms with Crippen molar-refractivity contribution in [2.75, 3.05) is 0 Å². The van der Waals surface area contributed by atoms with Gasteiger partial charge in [0.1, 0.15) is 0 Å². The molecule has 90 valence electrons. The molecule has 0 spiro atoms. The first kappa shape index (κ1) is 13.8. The summed E-state index contributed by atoms with van der Waals surface area (Å²) >= 11 is 31.5. The van der Waals surface area contributed by atoms with Crippen LogP contribution in [0.15, 0.2) is 24.3 Å². The fraction of sp³-hybridized carbons (Fsp3) is 0.0909. The van der Waals surface area contributed by atoms with Crippen LogP contribution in [0, 0.1) is 0 Å². The Morgan fingerprint density at radius 3 is 2.18 bits per heavy atom. The Kier molecular flexibility index (Phi) is 4.51. The minimum atomic E-state index is -0.434. The van der Waals surface area contributed by atoms with Crippen LogP contribution in [0.4, 0.5) is 0 Å². The fourth-order valence-electron chi connectivity index (χ4n) is 1.40. The molecule has 6 heteroatoms. The minimum absolute atomic E-state index is 0.434. The van der Waals surface area contributed by atoms with Gasteiger partial charge in [-0.15, -0.1) is 22.9 Å². The molecule has 0 aliphatic rings. The lowest BCUT2D eigenvalue weighted by Crippen LogP contribution is -1.93. The summed E-state index contributed by atoms with van der Waals surface area (Å²) in [5.74, 6) is 0. The third kappa shape index (κ3) is 3.04. The lowest BCUT2D eigenvalue weighted by atomic mass is 10.1. The van der Waals surface area contributed by atoms with E-state index in [0.717, 1.165) is 11.1 Å². The van der Waals surface area contributed by atoms with Crippen molar-refractivity contribution >= 4 is 69.3 Å². The number of alkyl halides is 1. The van der Waals surface area contributed by atoms with E-state index in [1.165, 1.54) is 11.3 Å². The highest BCUT2D eigenvalue weighted by Gasteiger charge is 2.19. The van der Waals surface area contributed by atoms with E-state index in [-0.39, 0.29) is 0 Å². The largest absolute Gasteiger partial charge is 0.112 e. The average molecular weight is 346 g/mol. The summed E-state index contributed by atoms with van der Waals surface area (Å²) in [7, 11) is 0. The minimum Gasteiger partial charge on any atom is -0.112 e. The van der Waals surface area contributed by atoms with Crippen LogP contribution in [-0.4, -0.2) is 0 Å². The summed E-state index contributed by atoms with van der Waals surface area (Å²) in [4.78, 5) is 0. The second-order valence-electron chi connectivity index (χ2n) is 3.31. The second-order valence-corrected chi connectivity index (χ2v) is 6.87. The van der Waals surface area contributed by atoms with Crippen molar-refractivity contribution in [2.24, 2.45) is 0 Å². The van der Waals surface area contributed by atoms with Gasteiger partial charge in [0, 0.05) is 15.6 Å². The van der Waals surface area contributed by atoms with E-state index in [0.29, 0.717) is 18.7 Å². The predicted molar refractivity (Wildman–Crippen MR) is 78.5 cm³/mol. The van der Waals surface area contributed by atoms with E-state index in [2.05, 4.69) is 0 Å². The molecular formula is C11H5Cl5S. The van der Waals surface area contributed by atoms with E-state index < -0.39 is 5.38 Å². The van der Waals surface area contributed by atoms with Gasteiger partial charge in [0.2, 0.25) is 0 Å². The van der Waals surface area contributed by atoms with Crippen LogP contribution in [0.3, 0.4) is 0 Å². The predicted octanol–water partition coefficient (Wildman–Crippen LogP) is 6.69. The summed E-state index contributed by atoms with van der Waals surface area (Å²) in [6, 6.07) is 6.91. The summed E-state index contributed by atoms with van der Waals surface area (Å²) in [5, 5.41) is 0.643. The SMILES string of the molecule is Clc1ccc(C(Cl)c2cc(Cl)sc2Cl)c(Cl)c1. The highest BCUT2D eigenvalue weighted by molar-refractivity contribution is 7.20. The smallest absolute Gasteiger partial charge is 0.0994 e. The quantitative estimate of drug-likeness (QED) is 0.531. The van der Waals surface area contributed by atoms with Gasteiger partial charge in [0.25, 0.3) is 0 Å². The average Bonchev–Trinajstić information content (AvgIpc) is 2.57. The molecule has 0 aliphatic carbocycles. The molecule has 0 fully saturated rings. The molecule has 2 rings (SSSR count). The molecule has 1 aromatic carbocycles. The first-order chi connectivity index (χ1) is 7.99. The molecule has 1 heterocycles. The normalized spacial score (nSPS) is 12.8. The molecule has 1 aromatic heterocycles. The first-order valence-corrected chi connectivity index (χ1v) is 7.29. The lowest BCUT2D eigenvalue weighted by molar-refractivity contribution is 1.16. The molecule has 17 heavy (non-hydrogen) atoms. The van der Waals surface area contributed by atoms with Gasteiger partial charge >= 0.3 is 0 Å². The van der Waals surface area contributed by atoms with Crippen molar-refractivity contribution in [1.82, 2.24) is 0 Å². The van der Waals surface area contributed by atoms with Crippen molar-refractivity contribution < 1.29 is 0 Å². The molecule has 1 unspecified atom stereocenters. The van der Waals surface area contributed by atoms with Crippen LogP contribution in [-0.2, 0) is 0 Å². The van der Waals surface area contributed by atoms with E-state index in [4.69, 9.17) is 58.0 Å². The van der Waals surface area contributed by atoms with Crippen LogP contribution < -0.4 is 0 Å². The monoisotopic (exact) mass is 344 g/mol. The molecule has 1 atom stereocenters. The molecule has 2 aromatic rings. The maximum atomic E-state index is 6.34. The van der Waals surface area contributed by atoms with Crippen molar-refractivity contribution in [1.29, 1.82) is 0 Å². The number of hydrogen-bond acceptors (Lipinski definition) is 1. The van der Waals surface area contributed by atoms with Gasteiger partial charge in [-0.1, -0.05) is 52.5 Å². The summed E-state index contributed by atoms with van der Waals surface area (Å²) in [5.41, 5.74) is 1.52. The highest BCUT2D eigenvalue weighted by Crippen LogP contribution is 2.42. The highest BCUT2D eigenvalue weighted by atomic mass is 35.5. The number of rotatable bonds is 2. The zero-order valence-electron chi connectivity index (χ0n) is 8.18. The van der Waals surface area contributed by atoms with Crippen molar-refractivity contribution in [3.8, 4) is 0 Å². The number of thiophene rings is 1. The van der Waals surface area contributed by atoms with Gasteiger partial charge in [-0.3, -0.25) is 0 Å².